The van der Waals surface area contributed by atoms with Gasteiger partial charge in [-0.25, -0.2) is 4.98 Å². The van der Waals surface area contributed by atoms with Crippen molar-refractivity contribution in [2.24, 2.45) is 5.92 Å². The largest absolute Gasteiger partial charge is 0.309 e. The van der Waals surface area contributed by atoms with Gasteiger partial charge in [-0.05, 0) is 48.3 Å². The molecule has 0 radical (unpaired) electrons. The van der Waals surface area contributed by atoms with Crippen LogP contribution in [0.15, 0.2) is 29.1 Å². The molecule has 2 heterocycles. The van der Waals surface area contributed by atoms with Crippen molar-refractivity contribution >= 4 is 21.6 Å². The molecule has 1 aliphatic rings. The first kappa shape index (κ1) is 18.4. The lowest BCUT2D eigenvalue weighted by Gasteiger charge is -2.23. The third-order valence-electron chi connectivity index (χ3n) is 5.53. The van der Waals surface area contributed by atoms with Crippen molar-refractivity contribution in [3.63, 3.8) is 0 Å². The lowest BCUT2D eigenvalue weighted by atomic mass is 9.95. The summed E-state index contributed by atoms with van der Waals surface area (Å²) in [6.45, 7) is 7.17. The fraction of sp³-hybridized carbons (Fsp3) is 0.455. The quantitative estimate of drug-likeness (QED) is 0.660. The number of aryl methyl sites for hydroxylation is 3. The van der Waals surface area contributed by atoms with Crippen LogP contribution in [0.25, 0.3) is 10.2 Å². The smallest absolute Gasteiger partial charge is 0.259 e. The summed E-state index contributed by atoms with van der Waals surface area (Å²) in [6.07, 6.45) is 4.32. The number of fused-ring (bicyclic) bond motifs is 3. The maximum atomic E-state index is 12.6. The van der Waals surface area contributed by atoms with Crippen molar-refractivity contribution in [3.8, 4) is 0 Å². The predicted molar refractivity (Wildman–Crippen MR) is 113 cm³/mol. The second-order valence-electron chi connectivity index (χ2n) is 7.75. The van der Waals surface area contributed by atoms with Gasteiger partial charge in [-0.1, -0.05) is 45.0 Å². The summed E-state index contributed by atoms with van der Waals surface area (Å²) < 4.78 is 0. The molecule has 0 saturated carbocycles. The van der Waals surface area contributed by atoms with Crippen molar-refractivity contribution in [3.05, 3.63) is 62.0 Å². The first-order valence-electron chi connectivity index (χ1n) is 9.92. The molecule has 0 amide bonds. The van der Waals surface area contributed by atoms with Crippen LogP contribution in [0.5, 0.6) is 0 Å². The Kier molecular flexibility index (Phi) is 5.15. The van der Waals surface area contributed by atoms with Crippen LogP contribution in [0.4, 0.5) is 0 Å². The fourth-order valence-corrected chi connectivity index (χ4v) is 5.32. The lowest BCUT2D eigenvalue weighted by molar-refractivity contribution is 0.406. The minimum Gasteiger partial charge on any atom is -0.309 e. The van der Waals surface area contributed by atoms with Crippen LogP contribution in [-0.4, -0.2) is 9.97 Å². The highest BCUT2D eigenvalue weighted by molar-refractivity contribution is 7.18. The number of benzene rings is 1. The van der Waals surface area contributed by atoms with Crippen LogP contribution in [0, 0.1) is 5.92 Å². The molecule has 0 bridgehead atoms. The average molecular weight is 382 g/mol. The second-order valence-corrected chi connectivity index (χ2v) is 8.83. The molecule has 0 aliphatic heterocycles. The first-order valence-corrected chi connectivity index (χ1v) is 10.7. The molecule has 27 heavy (non-hydrogen) atoms. The molecule has 1 aromatic carbocycles. The lowest BCUT2D eigenvalue weighted by Crippen LogP contribution is -2.27. The minimum atomic E-state index is 0.0181. The van der Waals surface area contributed by atoms with Crippen molar-refractivity contribution in [1.82, 2.24) is 15.3 Å². The summed E-state index contributed by atoms with van der Waals surface area (Å²) in [5, 5.41) is 4.43. The van der Waals surface area contributed by atoms with Gasteiger partial charge in [0.1, 0.15) is 10.7 Å². The zero-order valence-electron chi connectivity index (χ0n) is 16.3. The Morgan fingerprint density at radius 2 is 2.00 bits per heavy atom. The van der Waals surface area contributed by atoms with Gasteiger partial charge in [-0.15, -0.1) is 11.3 Å². The summed E-state index contributed by atoms with van der Waals surface area (Å²) in [6, 6.07) is 9.04. The number of hydrogen-bond donors (Lipinski definition) is 2. The number of aromatic amines is 1. The van der Waals surface area contributed by atoms with Gasteiger partial charge in [0.05, 0.1) is 11.9 Å². The Morgan fingerprint density at radius 3 is 2.70 bits per heavy atom. The number of rotatable bonds is 6. The van der Waals surface area contributed by atoms with Crippen LogP contribution in [0.2, 0.25) is 0 Å². The molecule has 3 aromatic rings. The van der Waals surface area contributed by atoms with Gasteiger partial charge in [0.2, 0.25) is 0 Å². The fourth-order valence-electron chi connectivity index (χ4n) is 4.04. The highest BCUT2D eigenvalue weighted by atomic mass is 32.1. The molecule has 2 N–H and O–H groups in total. The number of nitrogens with one attached hydrogen (secondary N) is 2. The molecular weight excluding hydrogens is 354 g/mol. The van der Waals surface area contributed by atoms with E-state index in [1.54, 1.807) is 11.3 Å². The molecule has 1 atom stereocenters. The molecular formula is C22H27N3OS. The van der Waals surface area contributed by atoms with Gasteiger partial charge in [0, 0.05) is 10.9 Å². The Bertz CT molecular complexity index is 1000. The van der Waals surface area contributed by atoms with Crippen molar-refractivity contribution in [2.45, 2.75) is 59.0 Å². The molecule has 4 nitrogen and oxygen atoms in total. The van der Waals surface area contributed by atoms with E-state index >= 15 is 0 Å². The van der Waals surface area contributed by atoms with Crippen molar-refractivity contribution in [1.29, 1.82) is 0 Å². The molecule has 1 aliphatic carbocycles. The van der Waals surface area contributed by atoms with Crippen LogP contribution < -0.4 is 10.9 Å². The molecule has 142 valence electrons. The van der Waals surface area contributed by atoms with Crippen molar-refractivity contribution in [2.75, 3.05) is 0 Å². The zero-order valence-corrected chi connectivity index (χ0v) is 17.1. The highest BCUT2D eigenvalue weighted by Crippen LogP contribution is 2.34. The Labute approximate surface area is 164 Å². The van der Waals surface area contributed by atoms with E-state index < -0.39 is 0 Å². The topological polar surface area (TPSA) is 57.8 Å². The summed E-state index contributed by atoms with van der Waals surface area (Å²) in [7, 11) is 0. The number of thiophene rings is 1. The average Bonchev–Trinajstić information content (AvgIpc) is 3.22. The number of aromatic nitrogens is 2. The van der Waals surface area contributed by atoms with Gasteiger partial charge in [-0.3, -0.25) is 4.79 Å². The highest BCUT2D eigenvalue weighted by Gasteiger charge is 2.21. The minimum absolute atomic E-state index is 0.0181. The monoisotopic (exact) mass is 381 g/mol. The van der Waals surface area contributed by atoms with Crippen LogP contribution in [0.1, 0.15) is 60.6 Å². The third-order valence-corrected chi connectivity index (χ3v) is 6.71. The van der Waals surface area contributed by atoms with Gasteiger partial charge < -0.3 is 10.3 Å². The van der Waals surface area contributed by atoms with E-state index in [4.69, 9.17) is 4.98 Å². The third kappa shape index (κ3) is 3.58. The van der Waals surface area contributed by atoms with E-state index in [0.29, 0.717) is 12.5 Å². The van der Waals surface area contributed by atoms with E-state index in [1.807, 2.05) is 0 Å². The SMILES string of the molecule is CCc1ccc([C@@H](NCc2nc3sc4c(c3c(=O)[nH]2)CCC4)C(C)C)cc1. The summed E-state index contributed by atoms with van der Waals surface area (Å²) >= 11 is 1.70. The van der Waals surface area contributed by atoms with E-state index in [9.17, 15) is 4.79 Å². The van der Waals surface area contributed by atoms with E-state index in [2.05, 4.69) is 55.3 Å². The van der Waals surface area contributed by atoms with Crippen LogP contribution in [0.3, 0.4) is 0 Å². The molecule has 0 saturated heterocycles. The van der Waals surface area contributed by atoms with Crippen molar-refractivity contribution < 1.29 is 0 Å². The van der Waals surface area contributed by atoms with E-state index in [0.717, 1.165) is 41.7 Å². The summed E-state index contributed by atoms with van der Waals surface area (Å²) in [4.78, 5) is 22.6. The second kappa shape index (κ2) is 7.56. The Morgan fingerprint density at radius 1 is 1.22 bits per heavy atom. The maximum absolute atomic E-state index is 12.6. The summed E-state index contributed by atoms with van der Waals surface area (Å²) in [5.74, 6) is 1.17. The van der Waals surface area contributed by atoms with Gasteiger partial charge in [0.25, 0.3) is 5.56 Å². The predicted octanol–water partition coefficient (Wildman–Crippen LogP) is 4.52. The van der Waals surface area contributed by atoms with Gasteiger partial charge in [-0.2, -0.15) is 0 Å². The van der Waals surface area contributed by atoms with E-state index in [1.165, 1.54) is 21.6 Å². The number of H-pyrrole nitrogens is 1. The normalized spacial score (nSPS) is 14.8. The molecule has 0 unspecified atom stereocenters. The Hall–Kier alpha value is -1.98. The summed E-state index contributed by atoms with van der Waals surface area (Å²) in [5.41, 5.74) is 3.88. The molecule has 5 heteroatoms. The van der Waals surface area contributed by atoms with Gasteiger partial charge >= 0.3 is 0 Å². The van der Waals surface area contributed by atoms with Gasteiger partial charge in [0.15, 0.2) is 0 Å². The number of nitrogens with zero attached hydrogens (tertiary/aromatic N) is 1. The van der Waals surface area contributed by atoms with E-state index in [-0.39, 0.29) is 11.6 Å². The van der Waals surface area contributed by atoms with Crippen LogP contribution in [-0.2, 0) is 25.8 Å². The maximum Gasteiger partial charge on any atom is 0.259 e. The number of hydrogen-bond acceptors (Lipinski definition) is 4. The molecule has 0 fully saturated rings. The van der Waals surface area contributed by atoms with Crippen LogP contribution >= 0.6 is 11.3 Å². The first-order chi connectivity index (χ1) is 13.1. The Balaban J connectivity index is 1.56. The molecule has 4 rings (SSSR count). The molecule has 2 aromatic heterocycles. The zero-order chi connectivity index (χ0) is 19.0. The standard InChI is InChI=1S/C22H27N3OS/c1-4-14-8-10-15(11-9-14)20(13(2)3)23-12-18-24-21(26)19-16-6-5-7-17(16)27-22(19)25-18/h8-11,13,20,23H,4-7,12H2,1-3H3,(H,24,25,26)/t20-/m0/s1. The molecule has 0 spiro atoms.